The second kappa shape index (κ2) is 10.7. The molecule has 0 saturated heterocycles. The van der Waals surface area contributed by atoms with Gasteiger partial charge >= 0.3 is 0 Å². The Hall–Kier alpha value is -3.00. The van der Waals surface area contributed by atoms with E-state index in [2.05, 4.69) is 10.6 Å². The molecule has 0 radical (unpaired) electrons. The SMILES string of the molecule is CCN(CC)C(=O)c1ccc(NC(=O)CCNC(=O)c2ccc(F)cc2F)cc1Cl. The molecule has 6 nitrogen and oxygen atoms in total. The van der Waals surface area contributed by atoms with Gasteiger partial charge in [-0.1, -0.05) is 11.6 Å². The molecule has 9 heteroatoms. The average Bonchev–Trinajstić information content (AvgIpc) is 2.68. The lowest BCUT2D eigenvalue weighted by molar-refractivity contribution is -0.116. The van der Waals surface area contributed by atoms with Gasteiger partial charge in [-0.3, -0.25) is 14.4 Å². The summed E-state index contributed by atoms with van der Waals surface area (Å²) in [6.45, 7) is 4.80. The molecule has 0 spiro atoms. The van der Waals surface area contributed by atoms with Gasteiger partial charge in [0.1, 0.15) is 11.6 Å². The molecule has 0 aliphatic rings. The van der Waals surface area contributed by atoms with Crippen LogP contribution in [0, 0.1) is 11.6 Å². The van der Waals surface area contributed by atoms with Crippen LogP contribution in [0.4, 0.5) is 14.5 Å². The van der Waals surface area contributed by atoms with Crippen LogP contribution in [0.25, 0.3) is 0 Å². The lowest BCUT2D eigenvalue weighted by Gasteiger charge is -2.19. The predicted molar refractivity (Wildman–Crippen MR) is 111 cm³/mol. The van der Waals surface area contributed by atoms with Crippen LogP contribution in [0.2, 0.25) is 5.02 Å². The zero-order valence-electron chi connectivity index (χ0n) is 16.6. The van der Waals surface area contributed by atoms with Crippen LogP contribution in [-0.4, -0.2) is 42.3 Å². The van der Waals surface area contributed by atoms with Crippen molar-refractivity contribution in [2.45, 2.75) is 20.3 Å². The number of carbonyl (C=O) groups excluding carboxylic acids is 3. The fourth-order valence-electron chi connectivity index (χ4n) is 2.73. The van der Waals surface area contributed by atoms with Gasteiger partial charge in [0.15, 0.2) is 0 Å². The Morgan fingerprint density at radius 3 is 2.27 bits per heavy atom. The van der Waals surface area contributed by atoms with Crippen molar-refractivity contribution in [1.29, 1.82) is 0 Å². The van der Waals surface area contributed by atoms with Crippen LogP contribution in [0.15, 0.2) is 36.4 Å². The van der Waals surface area contributed by atoms with Gasteiger partial charge < -0.3 is 15.5 Å². The molecule has 0 heterocycles. The average molecular weight is 438 g/mol. The summed E-state index contributed by atoms with van der Waals surface area (Å²) in [5, 5.41) is 5.23. The van der Waals surface area contributed by atoms with Crippen molar-refractivity contribution in [3.63, 3.8) is 0 Å². The second-order valence-electron chi connectivity index (χ2n) is 6.35. The number of hydrogen-bond donors (Lipinski definition) is 2. The lowest BCUT2D eigenvalue weighted by Crippen LogP contribution is -2.30. The number of halogens is 3. The second-order valence-corrected chi connectivity index (χ2v) is 6.76. The van der Waals surface area contributed by atoms with E-state index in [0.717, 1.165) is 12.1 Å². The Bertz CT molecular complexity index is 949. The van der Waals surface area contributed by atoms with Crippen LogP contribution < -0.4 is 10.6 Å². The first-order chi connectivity index (χ1) is 14.3. The standard InChI is InChI=1S/C21H22ClF2N3O3/c1-3-27(4-2)21(30)15-8-6-14(12-17(15)22)26-19(28)9-10-25-20(29)16-7-5-13(23)11-18(16)24/h5-8,11-12H,3-4,9-10H2,1-2H3,(H,25,29)(H,26,28). The first-order valence-corrected chi connectivity index (χ1v) is 9.76. The van der Waals surface area contributed by atoms with Crippen molar-refractivity contribution in [3.8, 4) is 0 Å². The van der Waals surface area contributed by atoms with Crippen molar-refractivity contribution in [1.82, 2.24) is 10.2 Å². The summed E-state index contributed by atoms with van der Waals surface area (Å²) in [4.78, 5) is 38.0. The van der Waals surface area contributed by atoms with Crippen molar-refractivity contribution < 1.29 is 23.2 Å². The van der Waals surface area contributed by atoms with Crippen LogP contribution >= 0.6 is 11.6 Å². The zero-order chi connectivity index (χ0) is 22.3. The van der Waals surface area contributed by atoms with Crippen LogP contribution in [0.3, 0.4) is 0 Å². The maximum absolute atomic E-state index is 13.6. The van der Waals surface area contributed by atoms with Gasteiger partial charge in [-0.05, 0) is 44.2 Å². The highest BCUT2D eigenvalue weighted by Crippen LogP contribution is 2.22. The maximum Gasteiger partial charge on any atom is 0.255 e. The summed E-state index contributed by atoms with van der Waals surface area (Å²) in [6.07, 6.45) is -0.0771. The number of anilines is 1. The van der Waals surface area contributed by atoms with E-state index in [4.69, 9.17) is 11.6 Å². The summed E-state index contributed by atoms with van der Waals surface area (Å²) >= 11 is 6.19. The Labute approximate surface area is 178 Å². The minimum atomic E-state index is -0.981. The molecule has 0 aromatic heterocycles. The molecule has 2 rings (SSSR count). The number of carbonyl (C=O) groups is 3. The van der Waals surface area contributed by atoms with Gasteiger partial charge in [-0.15, -0.1) is 0 Å². The van der Waals surface area contributed by atoms with Crippen molar-refractivity contribution in [2.24, 2.45) is 0 Å². The van der Waals surface area contributed by atoms with E-state index in [9.17, 15) is 23.2 Å². The number of nitrogens with one attached hydrogen (secondary N) is 2. The fourth-order valence-corrected chi connectivity index (χ4v) is 2.99. The van der Waals surface area contributed by atoms with E-state index < -0.39 is 23.4 Å². The molecule has 0 bridgehead atoms. The highest BCUT2D eigenvalue weighted by atomic mass is 35.5. The van der Waals surface area contributed by atoms with Gasteiger partial charge in [-0.2, -0.15) is 0 Å². The summed E-state index contributed by atoms with van der Waals surface area (Å²) < 4.78 is 26.5. The number of amides is 3. The topological polar surface area (TPSA) is 78.5 Å². The molecule has 30 heavy (non-hydrogen) atoms. The number of hydrogen-bond acceptors (Lipinski definition) is 3. The third-order valence-corrected chi connectivity index (χ3v) is 4.66. The smallest absolute Gasteiger partial charge is 0.255 e. The molecule has 0 aliphatic carbocycles. The van der Waals surface area contributed by atoms with E-state index in [0.29, 0.717) is 30.4 Å². The summed E-state index contributed by atoms with van der Waals surface area (Å²) in [6, 6.07) is 7.19. The first kappa shape index (κ1) is 23.3. The molecule has 0 atom stereocenters. The monoisotopic (exact) mass is 437 g/mol. The molecular weight excluding hydrogens is 416 g/mol. The zero-order valence-corrected chi connectivity index (χ0v) is 17.4. The van der Waals surface area contributed by atoms with Crippen LogP contribution in [0.5, 0.6) is 0 Å². The highest BCUT2D eigenvalue weighted by molar-refractivity contribution is 6.34. The van der Waals surface area contributed by atoms with Crippen LogP contribution in [-0.2, 0) is 4.79 Å². The minimum absolute atomic E-state index is 0.0479. The van der Waals surface area contributed by atoms with Gasteiger partial charge in [-0.25, -0.2) is 8.78 Å². The van der Waals surface area contributed by atoms with Gasteiger partial charge in [0.25, 0.3) is 11.8 Å². The van der Waals surface area contributed by atoms with Crippen LogP contribution in [0.1, 0.15) is 41.0 Å². The number of benzene rings is 2. The lowest BCUT2D eigenvalue weighted by atomic mass is 10.1. The summed E-state index contributed by atoms with van der Waals surface area (Å²) in [7, 11) is 0. The minimum Gasteiger partial charge on any atom is -0.351 e. The van der Waals surface area contributed by atoms with E-state index in [-0.39, 0.29) is 29.5 Å². The Kier molecular flexibility index (Phi) is 8.29. The van der Waals surface area contributed by atoms with Gasteiger partial charge in [0.2, 0.25) is 5.91 Å². The molecule has 0 aliphatic heterocycles. The maximum atomic E-state index is 13.6. The normalized spacial score (nSPS) is 10.4. The van der Waals surface area contributed by atoms with Gasteiger partial charge in [0.05, 0.1) is 16.1 Å². The molecule has 3 amide bonds. The Balaban J connectivity index is 1.89. The summed E-state index contributed by atoms with van der Waals surface area (Å²) in [5.41, 5.74) is 0.431. The van der Waals surface area contributed by atoms with Crippen molar-refractivity contribution in [2.75, 3.05) is 25.0 Å². The molecule has 160 valence electrons. The Morgan fingerprint density at radius 1 is 1.00 bits per heavy atom. The molecular formula is C21H22ClF2N3O3. The van der Waals surface area contributed by atoms with E-state index in [1.165, 1.54) is 12.1 Å². The molecule has 0 saturated carbocycles. The molecule has 0 unspecified atom stereocenters. The van der Waals surface area contributed by atoms with E-state index >= 15 is 0 Å². The van der Waals surface area contributed by atoms with Crippen molar-refractivity contribution >= 4 is 35.0 Å². The summed E-state index contributed by atoms with van der Waals surface area (Å²) in [5.74, 6) is -3.12. The first-order valence-electron chi connectivity index (χ1n) is 9.38. The molecule has 0 fully saturated rings. The van der Waals surface area contributed by atoms with Gasteiger partial charge in [0, 0.05) is 37.8 Å². The third kappa shape index (κ3) is 6.00. The van der Waals surface area contributed by atoms with E-state index in [1.807, 2.05) is 13.8 Å². The highest BCUT2D eigenvalue weighted by Gasteiger charge is 2.17. The number of nitrogens with zero attached hydrogens (tertiary/aromatic N) is 1. The third-order valence-electron chi connectivity index (χ3n) is 4.35. The molecule has 2 aromatic carbocycles. The Morgan fingerprint density at radius 2 is 1.67 bits per heavy atom. The molecule has 2 N–H and O–H groups in total. The number of rotatable bonds is 8. The van der Waals surface area contributed by atoms with E-state index in [1.54, 1.807) is 11.0 Å². The fraction of sp³-hybridized carbons (Fsp3) is 0.286. The quantitative estimate of drug-likeness (QED) is 0.658. The predicted octanol–water partition coefficient (Wildman–Crippen LogP) is 3.86. The molecule has 2 aromatic rings. The van der Waals surface area contributed by atoms with Crippen molar-refractivity contribution in [3.05, 3.63) is 64.2 Å². The largest absolute Gasteiger partial charge is 0.351 e.